The zero-order valence-electron chi connectivity index (χ0n) is 17.9. The first-order valence-corrected chi connectivity index (χ1v) is 12.1. The molecule has 6 rings (SSSR count). The van der Waals surface area contributed by atoms with E-state index in [1.807, 2.05) is 48.7 Å². The van der Waals surface area contributed by atoms with Crippen LogP contribution < -0.4 is 10.0 Å². The van der Waals surface area contributed by atoms with Gasteiger partial charge in [-0.3, -0.25) is 9.97 Å². The van der Waals surface area contributed by atoms with Crippen molar-refractivity contribution >= 4 is 21.4 Å². The van der Waals surface area contributed by atoms with Crippen molar-refractivity contribution in [2.45, 2.75) is 18.0 Å². The lowest BCUT2D eigenvalue weighted by molar-refractivity contribution is 0.597. The summed E-state index contributed by atoms with van der Waals surface area (Å²) in [5, 5.41) is 9.99. The van der Waals surface area contributed by atoms with Crippen LogP contribution in [-0.2, 0) is 23.1 Å². The van der Waals surface area contributed by atoms with Gasteiger partial charge in [0.2, 0.25) is 10.0 Å². The minimum atomic E-state index is -3.91. The summed E-state index contributed by atoms with van der Waals surface area (Å²) in [4.78, 5) is 15.5. The lowest BCUT2D eigenvalue weighted by atomic mass is 10.1. The van der Waals surface area contributed by atoms with Gasteiger partial charge in [-0.2, -0.15) is 0 Å². The number of sulfonamides is 1. The molecule has 2 N–H and O–H groups in total. The summed E-state index contributed by atoms with van der Waals surface area (Å²) in [6.45, 7) is 1.27. The van der Waals surface area contributed by atoms with Gasteiger partial charge in [-0.1, -0.05) is 36.4 Å². The van der Waals surface area contributed by atoms with E-state index in [0.717, 1.165) is 33.7 Å². The molecule has 4 aromatic heterocycles. The van der Waals surface area contributed by atoms with E-state index in [2.05, 4.69) is 26.0 Å². The third kappa shape index (κ3) is 3.49. The predicted octanol–water partition coefficient (Wildman–Crippen LogP) is 3.02. The molecule has 34 heavy (non-hydrogen) atoms. The van der Waals surface area contributed by atoms with Crippen molar-refractivity contribution in [3.63, 3.8) is 0 Å². The molecule has 0 saturated carbocycles. The average molecular weight is 470 g/mol. The Morgan fingerprint density at radius 2 is 1.79 bits per heavy atom. The summed E-state index contributed by atoms with van der Waals surface area (Å²) in [5.41, 5.74) is 5.52. The fourth-order valence-electron chi connectivity index (χ4n) is 4.25. The third-order valence-corrected chi connectivity index (χ3v) is 6.74. The molecule has 9 nitrogen and oxygen atoms in total. The van der Waals surface area contributed by atoms with Gasteiger partial charge >= 0.3 is 0 Å². The van der Waals surface area contributed by atoms with Gasteiger partial charge in [0.15, 0.2) is 11.6 Å². The van der Waals surface area contributed by atoms with Crippen molar-refractivity contribution in [2.75, 3.05) is 4.90 Å². The lowest BCUT2D eigenvalue weighted by Crippen LogP contribution is -2.19. The molecule has 0 fully saturated rings. The van der Waals surface area contributed by atoms with Gasteiger partial charge < -0.3 is 4.90 Å². The lowest BCUT2D eigenvalue weighted by Gasteiger charge is -2.19. The van der Waals surface area contributed by atoms with E-state index in [1.54, 1.807) is 10.7 Å². The molecule has 0 radical (unpaired) electrons. The monoisotopic (exact) mass is 469 g/mol. The first-order chi connectivity index (χ1) is 16.5. The number of rotatable bonds is 4. The standard InChI is InChI=1S/C24H19N7O2S/c25-34(32,33)19-11-18(12-26-13-19)23-28-24(30-14-17-7-4-9-27-21(17)15-30)22-20(8-10-31(22)29-23)16-5-2-1-3-6-16/h1-13H,14-15H2,(H2,25,32,33). The Kier molecular flexibility index (Phi) is 4.64. The predicted molar refractivity (Wildman–Crippen MR) is 127 cm³/mol. The minimum absolute atomic E-state index is 0.0921. The smallest absolute Gasteiger partial charge is 0.239 e. The average Bonchev–Trinajstić information content (AvgIpc) is 3.48. The fourth-order valence-corrected chi connectivity index (χ4v) is 4.74. The molecule has 0 atom stereocenters. The summed E-state index contributed by atoms with van der Waals surface area (Å²) in [6, 6.07) is 17.5. The molecule has 0 aliphatic carbocycles. The van der Waals surface area contributed by atoms with E-state index in [0.29, 0.717) is 24.5 Å². The molecular weight excluding hydrogens is 450 g/mol. The van der Waals surface area contributed by atoms with Gasteiger partial charge in [0.25, 0.3) is 0 Å². The maximum Gasteiger partial charge on any atom is 0.239 e. The van der Waals surface area contributed by atoms with Crippen LogP contribution in [-0.4, -0.2) is 33.0 Å². The van der Waals surface area contributed by atoms with Crippen LogP contribution >= 0.6 is 0 Å². The molecule has 5 heterocycles. The Balaban J connectivity index is 1.56. The number of primary sulfonamides is 1. The number of fused-ring (bicyclic) bond motifs is 2. The Bertz CT molecular complexity index is 1620. The Morgan fingerprint density at radius 3 is 2.59 bits per heavy atom. The van der Waals surface area contributed by atoms with Gasteiger partial charge in [-0.05, 0) is 29.3 Å². The fraction of sp³-hybridized carbons (Fsp3) is 0.0833. The molecule has 5 aromatic rings. The maximum absolute atomic E-state index is 11.9. The van der Waals surface area contributed by atoms with Gasteiger partial charge in [-0.25, -0.2) is 23.1 Å². The molecule has 0 amide bonds. The molecule has 10 heteroatoms. The number of nitrogens with zero attached hydrogens (tertiary/aromatic N) is 6. The molecular formula is C24H19N7O2S. The third-order valence-electron chi connectivity index (χ3n) is 5.86. The molecule has 168 valence electrons. The van der Waals surface area contributed by atoms with Crippen LogP contribution in [0.5, 0.6) is 0 Å². The highest BCUT2D eigenvalue weighted by molar-refractivity contribution is 7.89. The summed E-state index contributed by atoms with van der Waals surface area (Å²) in [6.07, 6.45) is 6.41. The van der Waals surface area contributed by atoms with E-state index in [9.17, 15) is 8.42 Å². The quantitative estimate of drug-likeness (QED) is 0.430. The molecule has 0 bridgehead atoms. The van der Waals surface area contributed by atoms with Gasteiger partial charge in [0.1, 0.15) is 10.4 Å². The van der Waals surface area contributed by atoms with Crippen LogP contribution in [0.1, 0.15) is 11.3 Å². The topological polar surface area (TPSA) is 119 Å². The first kappa shape index (κ1) is 20.5. The second-order valence-corrected chi connectivity index (χ2v) is 9.63. The van der Waals surface area contributed by atoms with Crippen LogP contribution in [0.25, 0.3) is 28.0 Å². The highest BCUT2D eigenvalue weighted by atomic mass is 32.2. The van der Waals surface area contributed by atoms with E-state index < -0.39 is 10.0 Å². The summed E-state index contributed by atoms with van der Waals surface area (Å²) in [7, 11) is -3.91. The van der Waals surface area contributed by atoms with Crippen LogP contribution in [0.3, 0.4) is 0 Å². The van der Waals surface area contributed by atoms with E-state index in [-0.39, 0.29) is 4.90 Å². The Hall–Kier alpha value is -4.15. The Morgan fingerprint density at radius 1 is 0.941 bits per heavy atom. The van der Waals surface area contributed by atoms with Crippen molar-refractivity contribution in [1.82, 2.24) is 24.6 Å². The SMILES string of the molecule is NS(=O)(=O)c1cncc(-c2nc(N3Cc4cccnc4C3)c3c(-c4ccccc4)ccn3n2)c1. The molecule has 1 aliphatic rings. The molecule has 0 unspecified atom stereocenters. The second kappa shape index (κ2) is 7.72. The Labute approximate surface area is 195 Å². The number of pyridine rings is 2. The van der Waals surface area contributed by atoms with Crippen molar-refractivity contribution in [3.8, 4) is 22.5 Å². The van der Waals surface area contributed by atoms with E-state index in [4.69, 9.17) is 10.1 Å². The van der Waals surface area contributed by atoms with Gasteiger partial charge in [-0.15, -0.1) is 5.10 Å². The number of benzene rings is 1. The minimum Gasteiger partial charge on any atom is -0.344 e. The maximum atomic E-state index is 11.9. The first-order valence-electron chi connectivity index (χ1n) is 10.6. The highest BCUT2D eigenvalue weighted by Crippen LogP contribution is 2.36. The van der Waals surface area contributed by atoms with Crippen LogP contribution in [0.4, 0.5) is 5.82 Å². The molecule has 1 aromatic carbocycles. The number of anilines is 1. The van der Waals surface area contributed by atoms with Crippen LogP contribution in [0.15, 0.2) is 84.3 Å². The zero-order chi connectivity index (χ0) is 23.3. The van der Waals surface area contributed by atoms with E-state index in [1.165, 1.54) is 18.5 Å². The number of nitrogens with two attached hydrogens (primary N) is 1. The van der Waals surface area contributed by atoms with Gasteiger partial charge in [0, 0.05) is 42.5 Å². The molecule has 0 saturated heterocycles. The number of hydrogen-bond acceptors (Lipinski definition) is 7. The normalized spacial score (nSPS) is 13.4. The van der Waals surface area contributed by atoms with E-state index >= 15 is 0 Å². The second-order valence-electron chi connectivity index (χ2n) is 8.07. The largest absolute Gasteiger partial charge is 0.344 e. The molecule has 1 aliphatic heterocycles. The molecule has 0 spiro atoms. The highest BCUT2D eigenvalue weighted by Gasteiger charge is 2.26. The van der Waals surface area contributed by atoms with Crippen molar-refractivity contribution in [2.24, 2.45) is 5.14 Å². The zero-order valence-corrected chi connectivity index (χ0v) is 18.7. The van der Waals surface area contributed by atoms with Crippen molar-refractivity contribution in [1.29, 1.82) is 0 Å². The summed E-state index contributed by atoms with van der Waals surface area (Å²) in [5.74, 6) is 1.08. The van der Waals surface area contributed by atoms with Gasteiger partial charge in [0.05, 0.1) is 12.2 Å². The summed E-state index contributed by atoms with van der Waals surface area (Å²) < 4.78 is 25.5. The number of aromatic nitrogens is 5. The van der Waals surface area contributed by atoms with Crippen LogP contribution in [0, 0.1) is 0 Å². The van der Waals surface area contributed by atoms with Crippen molar-refractivity contribution in [3.05, 3.63) is 90.6 Å². The van der Waals surface area contributed by atoms with Crippen LogP contribution in [0.2, 0.25) is 0 Å². The summed E-state index contributed by atoms with van der Waals surface area (Å²) >= 11 is 0. The number of hydrogen-bond donors (Lipinski definition) is 1. The van der Waals surface area contributed by atoms with Crippen molar-refractivity contribution < 1.29 is 8.42 Å².